The van der Waals surface area contributed by atoms with E-state index >= 15 is 0 Å². The van der Waals surface area contributed by atoms with Crippen molar-refractivity contribution in [3.63, 3.8) is 0 Å². The SMILES string of the molecule is CN(CC1CCCN(S(C)(=O)=O)C1)c1ccccc1N. The van der Waals surface area contributed by atoms with Crippen LogP contribution in [0.3, 0.4) is 0 Å². The van der Waals surface area contributed by atoms with Gasteiger partial charge in [-0.25, -0.2) is 12.7 Å². The Hall–Kier alpha value is -1.27. The Morgan fingerprint density at radius 1 is 1.40 bits per heavy atom. The highest BCUT2D eigenvalue weighted by Crippen LogP contribution is 2.25. The van der Waals surface area contributed by atoms with Gasteiger partial charge in [0.15, 0.2) is 0 Å². The van der Waals surface area contributed by atoms with Crippen LogP contribution in [0.1, 0.15) is 12.8 Å². The lowest BCUT2D eigenvalue weighted by Gasteiger charge is -2.34. The van der Waals surface area contributed by atoms with Crippen LogP contribution in [0.15, 0.2) is 24.3 Å². The molecular formula is C14H23N3O2S. The Bertz CT molecular complexity index is 559. The molecule has 1 aromatic rings. The predicted octanol–water partition coefficient (Wildman–Crippen LogP) is 1.38. The molecule has 0 saturated carbocycles. The van der Waals surface area contributed by atoms with Gasteiger partial charge in [0.1, 0.15) is 0 Å². The van der Waals surface area contributed by atoms with Gasteiger partial charge in [-0.15, -0.1) is 0 Å². The summed E-state index contributed by atoms with van der Waals surface area (Å²) in [5, 5.41) is 0. The lowest BCUT2D eigenvalue weighted by atomic mass is 9.99. The number of hydrogen-bond donors (Lipinski definition) is 1. The third-order valence-corrected chi connectivity index (χ3v) is 5.10. The molecule has 2 rings (SSSR count). The van der Waals surface area contributed by atoms with Crippen molar-refractivity contribution in [2.24, 2.45) is 5.92 Å². The van der Waals surface area contributed by atoms with Gasteiger partial charge in [-0.2, -0.15) is 0 Å². The Balaban J connectivity index is 2.01. The van der Waals surface area contributed by atoms with Crippen LogP contribution in [-0.4, -0.2) is 45.7 Å². The minimum Gasteiger partial charge on any atom is -0.397 e. The van der Waals surface area contributed by atoms with E-state index in [2.05, 4.69) is 4.90 Å². The number of hydrogen-bond acceptors (Lipinski definition) is 4. The van der Waals surface area contributed by atoms with Gasteiger partial charge in [0.25, 0.3) is 0 Å². The van der Waals surface area contributed by atoms with E-state index in [1.54, 1.807) is 4.31 Å². The molecule has 1 aliphatic rings. The van der Waals surface area contributed by atoms with E-state index < -0.39 is 10.0 Å². The van der Waals surface area contributed by atoms with Gasteiger partial charge < -0.3 is 10.6 Å². The van der Waals surface area contributed by atoms with Crippen molar-refractivity contribution in [1.82, 2.24) is 4.31 Å². The monoisotopic (exact) mass is 297 g/mol. The van der Waals surface area contributed by atoms with Crippen molar-refractivity contribution >= 4 is 21.4 Å². The summed E-state index contributed by atoms with van der Waals surface area (Å²) in [4.78, 5) is 2.12. The lowest BCUT2D eigenvalue weighted by molar-refractivity contribution is 0.271. The molecule has 1 heterocycles. The van der Waals surface area contributed by atoms with Crippen LogP contribution in [0.5, 0.6) is 0 Å². The van der Waals surface area contributed by atoms with Gasteiger partial charge in [0.2, 0.25) is 10.0 Å². The van der Waals surface area contributed by atoms with Crippen molar-refractivity contribution < 1.29 is 8.42 Å². The van der Waals surface area contributed by atoms with E-state index in [1.165, 1.54) is 6.26 Å². The lowest BCUT2D eigenvalue weighted by Crippen LogP contribution is -2.42. The standard InChI is InChI=1S/C14H23N3O2S/c1-16(14-8-4-3-7-13(14)15)10-12-6-5-9-17(11-12)20(2,18)19/h3-4,7-8,12H,5-6,9-11,15H2,1-2H3. The minimum absolute atomic E-state index is 0.350. The summed E-state index contributed by atoms with van der Waals surface area (Å²) in [7, 11) is -1.07. The van der Waals surface area contributed by atoms with Crippen LogP contribution >= 0.6 is 0 Å². The van der Waals surface area contributed by atoms with Crippen molar-refractivity contribution in [3.8, 4) is 0 Å². The molecule has 20 heavy (non-hydrogen) atoms. The van der Waals surface area contributed by atoms with E-state index in [0.29, 0.717) is 19.0 Å². The Kier molecular flexibility index (Phi) is 4.55. The Labute approximate surface area is 121 Å². The third-order valence-electron chi connectivity index (χ3n) is 3.83. The molecular weight excluding hydrogens is 274 g/mol. The number of piperidine rings is 1. The summed E-state index contributed by atoms with van der Waals surface area (Å²) >= 11 is 0. The van der Waals surface area contributed by atoms with Gasteiger partial charge in [-0.3, -0.25) is 0 Å². The molecule has 5 nitrogen and oxygen atoms in total. The largest absolute Gasteiger partial charge is 0.397 e. The molecule has 1 aliphatic heterocycles. The molecule has 6 heteroatoms. The highest BCUT2D eigenvalue weighted by molar-refractivity contribution is 7.88. The molecule has 0 radical (unpaired) electrons. The van der Waals surface area contributed by atoms with E-state index in [9.17, 15) is 8.42 Å². The number of benzene rings is 1. The van der Waals surface area contributed by atoms with Gasteiger partial charge in [-0.05, 0) is 30.9 Å². The molecule has 0 spiro atoms. The normalized spacial score (nSPS) is 20.8. The first-order valence-electron chi connectivity index (χ1n) is 6.88. The number of nitrogen functional groups attached to an aromatic ring is 1. The predicted molar refractivity (Wildman–Crippen MR) is 83.3 cm³/mol. The molecule has 1 saturated heterocycles. The molecule has 0 aromatic heterocycles. The van der Waals surface area contributed by atoms with Crippen molar-refractivity contribution in [2.75, 3.05) is 43.6 Å². The van der Waals surface area contributed by atoms with Crippen LogP contribution in [0.25, 0.3) is 0 Å². The second-order valence-electron chi connectivity index (χ2n) is 5.57. The topological polar surface area (TPSA) is 66.6 Å². The van der Waals surface area contributed by atoms with Crippen LogP contribution in [0, 0.1) is 5.92 Å². The Morgan fingerprint density at radius 3 is 2.75 bits per heavy atom. The maximum Gasteiger partial charge on any atom is 0.211 e. The average Bonchev–Trinajstić information content (AvgIpc) is 2.38. The van der Waals surface area contributed by atoms with Gasteiger partial charge in [-0.1, -0.05) is 12.1 Å². The minimum atomic E-state index is -3.08. The summed E-state index contributed by atoms with van der Waals surface area (Å²) in [5.41, 5.74) is 7.73. The second-order valence-corrected chi connectivity index (χ2v) is 7.55. The van der Waals surface area contributed by atoms with E-state index in [1.807, 2.05) is 31.3 Å². The fraction of sp³-hybridized carbons (Fsp3) is 0.571. The number of para-hydroxylation sites is 2. The number of nitrogens with zero attached hydrogens (tertiary/aromatic N) is 2. The van der Waals surface area contributed by atoms with E-state index in [4.69, 9.17) is 5.73 Å². The van der Waals surface area contributed by atoms with Crippen molar-refractivity contribution in [1.29, 1.82) is 0 Å². The van der Waals surface area contributed by atoms with E-state index in [-0.39, 0.29) is 0 Å². The molecule has 112 valence electrons. The van der Waals surface area contributed by atoms with Crippen LogP contribution in [0.4, 0.5) is 11.4 Å². The summed E-state index contributed by atoms with van der Waals surface area (Å²) in [6, 6.07) is 7.76. The van der Waals surface area contributed by atoms with Crippen LogP contribution in [0.2, 0.25) is 0 Å². The fourth-order valence-electron chi connectivity index (χ4n) is 2.80. The number of rotatable bonds is 4. The first-order chi connectivity index (χ1) is 9.38. The molecule has 1 atom stereocenters. The fourth-order valence-corrected chi connectivity index (χ4v) is 3.74. The second kappa shape index (κ2) is 6.01. The zero-order valence-corrected chi connectivity index (χ0v) is 12.9. The maximum atomic E-state index is 11.6. The van der Waals surface area contributed by atoms with Crippen molar-refractivity contribution in [3.05, 3.63) is 24.3 Å². The number of anilines is 2. The van der Waals surface area contributed by atoms with Gasteiger partial charge in [0, 0.05) is 26.7 Å². The summed E-state index contributed by atoms with van der Waals surface area (Å²) in [5.74, 6) is 0.350. The zero-order chi connectivity index (χ0) is 14.8. The average molecular weight is 297 g/mol. The summed E-state index contributed by atoms with van der Waals surface area (Å²) < 4.78 is 24.9. The Morgan fingerprint density at radius 2 is 2.10 bits per heavy atom. The highest BCUT2D eigenvalue weighted by Gasteiger charge is 2.26. The zero-order valence-electron chi connectivity index (χ0n) is 12.1. The van der Waals surface area contributed by atoms with Gasteiger partial charge >= 0.3 is 0 Å². The maximum absolute atomic E-state index is 11.6. The quantitative estimate of drug-likeness (QED) is 0.853. The molecule has 1 unspecified atom stereocenters. The van der Waals surface area contributed by atoms with E-state index in [0.717, 1.165) is 30.8 Å². The molecule has 0 aliphatic carbocycles. The van der Waals surface area contributed by atoms with Crippen LogP contribution < -0.4 is 10.6 Å². The van der Waals surface area contributed by atoms with Gasteiger partial charge in [0.05, 0.1) is 17.6 Å². The number of nitrogens with two attached hydrogens (primary N) is 1. The third kappa shape index (κ3) is 3.64. The van der Waals surface area contributed by atoms with Crippen molar-refractivity contribution in [2.45, 2.75) is 12.8 Å². The smallest absolute Gasteiger partial charge is 0.211 e. The molecule has 0 amide bonds. The summed E-state index contributed by atoms with van der Waals surface area (Å²) in [6.45, 7) is 2.07. The molecule has 0 bridgehead atoms. The summed E-state index contributed by atoms with van der Waals surface area (Å²) in [6.07, 6.45) is 3.27. The molecule has 1 fully saturated rings. The molecule has 1 aromatic carbocycles. The first-order valence-corrected chi connectivity index (χ1v) is 8.73. The first kappa shape index (κ1) is 15.1. The number of sulfonamides is 1. The molecule has 2 N–H and O–H groups in total. The van der Waals surface area contributed by atoms with Crippen LogP contribution in [-0.2, 0) is 10.0 Å². The highest BCUT2D eigenvalue weighted by atomic mass is 32.2.